The van der Waals surface area contributed by atoms with Crippen LogP contribution in [-0.2, 0) is 116 Å². The Balaban J connectivity index is 0.0000312. The molecule has 2 aromatic rings. The monoisotopic (exact) mass is 1770 g/mol. The van der Waals surface area contributed by atoms with E-state index in [9.17, 15) is 122 Å². The number of carbonyl (C=O) groups is 18. The van der Waals surface area contributed by atoms with Gasteiger partial charge >= 0.3 is 29.8 Å². The molecule has 3 aliphatic heterocycles. The van der Waals surface area contributed by atoms with Gasteiger partial charge in [-0.25, -0.2) is 0 Å². The van der Waals surface area contributed by atoms with Crippen molar-refractivity contribution in [3.05, 3.63) is 59.7 Å². The van der Waals surface area contributed by atoms with E-state index in [4.69, 9.17) is 22.3 Å². The Morgan fingerprint density at radius 3 is 1.14 bits per heavy atom. The molecule has 1 unspecified atom stereocenters. The van der Waals surface area contributed by atoms with E-state index in [-0.39, 0.29) is 171 Å². The molecule has 0 aliphatic carbocycles. The van der Waals surface area contributed by atoms with Gasteiger partial charge in [0.15, 0.2) is 11.9 Å². The predicted octanol–water partition coefficient (Wildman–Crippen LogP) is -8.35. The number of carboxylic acids is 5. The van der Waals surface area contributed by atoms with E-state index in [1.807, 2.05) is 0 Å². The second-order valence-electron chi connectivity index (χ2n) is 29.0. The number of nitrogens with zero attached hydrogens (tertiary/aromatic N) is 3. The summed E-state index contributed by atoms with van der Waals surface area (Å²) in [5.74, 6) is -20.5. The molecular formula is C74H110CuN22O25. The van der Waals surface area contributed by atoms with Crippen LogP contribution in [0.3, 0.4) is 0 Å². The van der Waals surface area contributed by atoms with Gasteiger partial charge < -0.3 is 127 Å². The number of guanidine groups is 2. The third kappa shape index (κ3) is 39.1. The van der Waals surface area contributed by atoms with Crippen molar-refractivity contribution in [3.8, 4) is 11.5 Å². The van der Waals surface area contributed by atoms with E-state index in [2.05, 4.69) is 79.8 Å². The number of nitrogens with two attached hydrogens (primary N) is 2. The Morgan fingerprint density at radius 1 is 0.410 bits per heavy atom. The van der Waals surface area contributed by atoms with Gasteiger partial charge in [0.1, 0.15) is 71.9 Å². The number of aliphatic carboxylic acids is 5. The van der Waals surface area contributed by atoms with Gasteiger partial charge in [-0.05, 0) is 112 Å². The van der Waals surface area contributed by atoms with Crippen molar-refractivity contribution in [1.82, 2.24) is 94.5 Å². The maximum Gasteiger partial charge on any atom is 0.320 e. The fourth-order valence-electron chi connectivity index (χ4n) is 13.1. The van der Waals surface area contributed by atoms with Crippen molar-refractivity contribution in [3.63, 3.8) is 0 Å². The predicted molar refractivity (Wildman–Crippen MR) is 423 cm³/mol. The fourth-order valence-corrected chi connectivity index (χ4v) is 13.1. The number of phenols is 2. The molecule has 3 heterocycles. The molecule has 0 aromatic heterocycles. The molecule has 5 rings (SSSR count). The molecule has 677 valence electrons. The van der Waals surface area contributed by atoms with Crippen molar-refractivity contribution in [2.75, 3.05) is 91.6 Å². The zero-order valence-corrected chi connectivity index (χ0v) is 67.7. The van der Waals surface area contributed by atoms with Gasteiger partial charge in [0.05, 0.1) is 39.0 Å². The first kappa shape index (κ1) is 102. The molecule has 0 bridgehead atoms. The maximum absolute atomic E-state index is 14.5. The van der Waals surface area contributed by atoms with Crippen molar-refractivity contribution in [2.45, 2.75) is 176 Å². The number of carbonyl (C=O) groups excluding carboxylic acids is 13. The number of nitrogens with one attached hydrogen (secondary N) is 17. The van der Waals surface area contributed by atoms with Crippen LogP contribution in [-0.4, -0.2) is 321 Å². The van der Waals surface area contributed by atoms with Gasteiger partial charge in [0, 0.05) is 108 Å². The first-order valence-electron chi connectivity index (χ1n) is 39.2. The fraction of sp³-hybridized carbons (Fsp3) is 0.568. The Morgan fingerprint density at radius 2 is 0.754 bits per heavy atom. The molecule has 10 atom stereocenters. The summed E-state index contributed by atoms with van der Waals surface area (Å²) in [5, 5.41) is 122. The molecule has 122 heavy (non-hydrogen) atoms. The zero-order valence-electron chi connectivity index (χ0n) is 66.8. The summed E-state index contributed by atoms with van der Waals surface area (Å²) in [5.41, 5.74) is 11.6. The Bertz CT molecular complexity index is 3970. The van der Waals surface area contributed by atoms with Gasteiger partial charge in [0.2, 0.25) is 76.8 Å². The second kappa shape index (κ2) is 53.2. The summed E-state index contributed by atoms with van der Waals surface area (Å²) in [6, 6.07) is -4.84. The first-order valence-corrected chi connectivity index (χ1v) is 39.2. The molecule has 48 heteroatoms. The number of aromatic hydroxyl groups is 2. The number of unbranched alkanes of at least 4 members (excludes halogenated alkanes) is 2. The number of hydrogen-bond acceptors (Lipinski definition) is 25. The third-order valence-corrected chi connectivity index (χ3v) is 19.4. The molecule has 3 aliphatic rings. The molecule has 0 saturated carbocycles. The third-order valence-electron chi connectivity index (χ3n) is 19.4. The van der Waals surface area contributed by atoms with E-state index < -0.39 is 244 Å². The van der Waals surface area contributed by atoms with Gasteiger partial charge in [0.25, 0.3) is 0 Å². The normalized spacial score (nSPS) is 20.9. The van der Waals surface area contributed by atoms with E-state index >= 15 is 0 Å². The molecule has 0 spiro atoms. The molecule has 47 nitrogen and oxygen atoms in total. The average Bonchev–Trinajstić information content (AvgIpc) is 1.38. The first-order chi connectivity index (χ1) is 57.4. The van der Waals surface area contributed by atoms with Crippen LogP contribution < -0.4 is 91.2 Å². The van der Waals surface area contributed by atoms with Crippen LogP contribution in [0.25, 0.3) is 0 Å². The molecule has 1 radical (unpaired) electrons. The van der Waals surface area contributed by atoms with Crippen LogP contribution in [0.2, 0.25) is 0 Å². The Labute approximate surface area is 710 Å². The molecule has 13 amide bonds. The molecule has 2 aromatic carbocycles. The number of amides is 13. The number of phenolic OH excluding ortho intramolecular Hbond substituents is 2. The topological polar surface area (TPSA) is 739 Å². The minimum absolute atomic E-state index is 0. The minimum Gasteiger partial charge on any atom is -0.508 e. The quantitative estimate of drug-likeness (QED) is 0.0128. The van der Waals surface area contributed by atoms with Gasteiger partial charge in [-0.3, -0.25) is 112 Å². The van der Waals surface area contributed by atoms with E-state index in [0.717, 1.165) is 0 Å². The van der Waals surface area contributed by atoms with Crippen LogP contribution in [0, 0.1) is 10.8 Å². The van der Waals surface area contributed by atoms with Crippen LogP contribution >= 0.6 is 0 Å². The van der Waals surface area contributed by atoms with Crippen molar-refractivity contribution < 1.29 is 139 Å². The summed E-state index contributed by atoms with van der Waals surface area (Å²) in [7, 11) is 0. The molecule has 3 fully saturated rings. The second-order valence-corrected chi connectivity index (χ2v) is 29.0. The van der Waals surface area contributed by atoms with Crippen LogP contribution in [0.15, 0.2) is 48.5 Å². The smallest absolute Gasteiger partial charge is 0.320 e. The zero-order chi connectivity index (χ0) is 89.3. The molecule has 3 saturated heterocycles. The van der Waals surface area contributed by atoms with Crippen molar-refractivity contribution in [1.29, 1.82) is 10.8 Å². The molecule has 28 N–H and O–H groups in total. The largest absolute Gasteiger partial charge is 0.508 e. The SMILES string of the molecule is N=C(N)NCCC[C@@H]1NC(=O)[C@H](CCCCNC(=O)CC[C@@H](NC(=O)CCC(C(=O)O)N2CCN(CC(=O)O)CCN(CC(=O)O)CC2)C(=O)NCCCC[C@@H]2NC(=O)[C@@H](Cc3ccc(O)cc3)NC(=O)[C@H](CC(=O)O)NC(=O)CNC(=O)[C@H](CCCNC(=N)N)NC2=O)NC(=O)[C@@H](Cc2ccc(O)cc2)NC(=O)[C@H](CC(=O)O)NC(=O)CNC1=O.[64Cu]. The number of hydrogen-bond donors (Lipinski definition) is 26. The summed E-state index contributed by atoms with van der Waals surface area (Å²) >= 11 is 0. The summed E-state index contributed by atoms with van der Waals surface area (Å²) in [6.45, 7) is -2.53. The van der Waals surface area contributed by atoms with E-state index in [1.54, 1.807) is 0 Å². The maximum atomic E-state index is 14.5. The van der Waals surface area contributed by atoms with E-state index in [0.29, 0.717) is 11.1 Å². The number of carboxylic acid groups (broad SMARTS) is 5. The average molecular weight is 1770 g/mol. The number of benzene rings is 2. The van der Waals surface area contributed by atoms with E-state index in [1.165, 1.54) is 63.2 Å². The summed E-state index contributed by atoms with van der Waals surface area (Å²) in [6.07, 6.45) is -4.99. The Kier molecular flexibility index (Phi) is 44.4. The van der Waals surface area contributed by atoms with Gasteiger partial charge in [-0.15, -0.1) is 0 Å². The van der Waals surface area contributed by atoms with Crippen molar-refractivity contribution in [2.24, 2.45) is 11.5 Å². The molecular weight excluding hydrogens is 1660 g/mol. The standard InChI is InChI=1S/C74H110N22O25.Cu/c75-73(76)81-25-5-9-45-64(112)83-37-57(101)86-52(35-59(103)104)70(118)92-50(33-41-11-15-43(97)16-12-41)68(116)90-47(66(114)88-45)7-1-3-23-79-55(99)21-19-49(85-56(100)22-20-54(72(120)121)96-31-29-94(39-61(107)108)27-28-95(30-32-96)40-62(109)110)63(111)80-24-4-2-8-48-67(115)89-46(10-6-26-82-74(77)78)65(113)84-38-58(102)87-53(36-60(105)106)71(119)93-51(69(117)91-48)34-42-13-17-44(98)18-14-42;/h11-18,45-54,97-98H,1-10,19-40H2,(H,79,99)(H,80,111)(H,83,112)(H,84,113)(H,85,100)(H,86,101)(H,87,102)(H,88,114)(H,89,115)(H,90,116)(H,91,117)(H,92,118)(H,93,119)(H,103,104)(H,105,106)(H,107,108)(H,109,110)(H,120,121)(H4,75,76,81)(H4,77,78,82);/t45-,46-,47-,48-,49+,50+,51+,52-,53-,54?;/m0./s1/i;1+0. The van der Waals surface area contributed by atoms with Gasteiger partial charge in [-0.2, -0.15) is 0 Å². The summed E-state index contributed by atoms with van der Waals surface area (Å²) in [4.78, 5) is 246. The number of rotatable bonds is 40. The Hall–Kier alpha value is -12.6. The van der Waals surface area contributed by atoms with Crippen LogP contribution in [0.4, 0.5) is 0 Å². The van der Waals surface area contributed by atoms with Crippen molar-refractivity contribution >= 4 is 119 Å². The van der Waals surface area contributed by atoms with Gasteiger partial charge in [-0.1, -0.05) is 24.3 Å². The minimum atomic E-state index is -1.80. The van der Waals surface area contributed by atoms with Crippen LogP contribution in [0.5, 0.6) is 11.5 Å². The summed E-state index contributed by atoms with van der Waals surface area (Å²) < 4.78 is 0. The van der Waals surface area contributed by atoms with Crippen LogP contribution in [0.1, 0.15) is 114 Å².